The van der Waals surface area contributed by atoms with Gasteiger partial charge in [-0.3, -0.25) is 19.1 Å². The molecular weight excluding hydrogens is 636 g/mol. The van der Waals surface area contributed by atoms with Crippen molar-refractivity contribution in [2.45, 2.75) is 13.1 Å². The lowest BCUT2D eigenvalue weighted by Crippen LogP contribution is -2.40. The highest BCUT2D eigenvalue weighted by molar-refractivity contribution is 7.22. The molecule has 3 aromatic heterocycles. The van der Waals surface area contributed by atoms with E-state index in [1.807, 2.05) is 11.9 Å². The number of aromatic nitrogens is 4. The average molecular weight is 668 g/mol. The maximum absolute atomic E-state index is 15.0. The second kappa shape index (κ2) is 14.2. The van der Waals surface area contributed by atoms with Gasteiger partial charge in [-0.2, -0.15) is 5.06 Å². The molecule has 2 N–H and O–H groups in total. The molecule has 13 nitrogen and oxygen atoms in total. The topological polar surface area (TPSA) is 147 Å². The summed E-state index contributed by atoms with van der Waals surface area (Å²) in [4.78, 5) is 48.1. The minimum Gasteiger partial charge on any atom is -0.480 e. The van der Waals surface area contributed by atoms with Gasteiger partial charge >= 0.3 is 11.7 Å². The van der Waals surface area contributed by atoms with E-state index in [0.29, 0.717) is 34.8 Å². The van der Waals surface area contributed by atoms with Gasteiger partial charge in [-0.05, 0) is 48.5 Å². The highest BCUT2D eigenvalue weighted by Gasteiger charge is 2.26. The molecule has 246 valence electrons. The third kappa shape index (κ3) is 6.62. The zero-order chi connectivity index (χ0) is 33.8. The van der Waals surface area contributed by atoms with Crippen LogP contribution in [-0.4, -0.2) is 71.8 Å². The van der Waals surface area contributed by atoms with Crippen LogP contribution in [0.25, 0.3) is 26.5 Å². The van der Waals surface area contributed by atoms with Gasteiger partial charge in [0.15, 0.2) is 5.82 Å². The summed E-state index contributed by atoms with van der Waals surface area (Å²) in [5.41, 5.74) is 5.05. The van der Waals surface area contributed by atoms with Crippen LogP contribution < -0.4 is 26.8 Å². The number of likely N-dealkylation sites (N-methyl/N-ethyl adjacent to an activating group) is 1. The Balaban J connectivity index is 1.83. The highest BCUT2D eigenvalue weighted by atomic mass is 32.1. The van der Waals surface area contributed by atoms with Crippen molar-refractivity contribution in [3.8, 4) is 22.1 Å². The van der Waals surface area contributed by atoms with Crippen LogP contribution in [0.3, 0.4) is 0 Å². The van der Waals surface area contributed by atoms with Gasteiger partial charge < -0.3 is 15.2 Å². The number of nitrogens with zero attached hydrogens (tertiary/aromatic N) is 6. The number of methoxy groups -OCH3 is 2. The van der Waals surface area contributed by atoms with Crippen LogP contribution in [0.1, 0.15) is 11.1 Å². The van der Waals surface area contributed by atoms with E-state index in [-0.39, 0.29) is 34.0 Å². The highest BCUT2D eigenvalue weighted by Crippen LogP contribution is 2.39. The van der Waals surface area contributed by atoms with Crippen molar-refractivity contribution >= 4 is 33.3 Å². The minimum atomic E-state index is -0.871. The van der Waals surface area contributed by atoms with Crippen molar-refractivity contribution in [1.82, 2.24) is 24.2 Å². The fourth-order valence-corrected chi connectivity index (χ4v) is 6.35. The molecule has 47 heavy (non-hydrogen) atoms. The quantitative estimate of drug-likeness (QED) is 0.198. The number of fused-ring (bicyclic) bond motifs is 1. The van der Waals surface area contributed by atoms with Gasteiger partial charge in [-0.15, -0.1) is 21.5 Å². The Bertz CT molecular complexity index is 2010. The van der Waals surface area contributed by atoms with Crippen molar-refractivity contribution in [2.75, 3.05) is 46.6 Å². The minimum absolute atomic E-state index is 0.104. The number of primary amides is 1. The number of nitrogens with two attached hydrogens (primary N) is 1. The maximum atomic E-state index is 15.0. The van der Waals surface area contributed by atoms with Crippen molar-refractivity contribution in [1.29, 1.82) is 0 Å². The van der Waals surface area contributed by atoms with E-state index in [2.05, 4.69) is 10.2 Å². The van der Waals surface area contributed by atoms with Crippen molar-refractivity contribution in [3.63, 3.8) is 0 Å². The molecule has 0 radical (unpaired) electrons. The lowest BCUT2D eigenvalue weighted by molar-refractivity contribution is 0.159. The first-order chi connectivity index (χ1) is 22.6. The number of halogens is 2. The lowest BCUT2D eigenvalue weighted by atomic mass is 10.1. The molecule has 5 rings (SSSR count). The molecule has 0 aliphatic carbocycles. The largest absolute Gasteiger partial charge is 0.480 e. The van der Waals surface area contributed by atoms with E-state index in [1.54, 1.807) is 31.4 Å². The normalized spacial score (nSPS) is 11.4. The number of benzene rings is 2. The smallest absolute Gasteiger partial charge is 0.343 e. The van der Waals surface area contributed by atoms with Gasteiger partial charge in [-0.25, -0.2) is 22.9 Å². The zero-order valence-electron chi connectivity index (χ0n) is 25.9. The Morgan fingerprint density at radius 3 is 2.26 bits per heavy atom. The van der Waals surface area contributed by atoms with Gasteiger partial charge in [0.05, 0.1) is 38.4 Å². The predicted octanol–water partition coefficient (Wildman–Crippen LogP) is 3.53. The van der Waals surface area contributed by atoms with Gasteiger partial charge in [0, 0.05) is 36.7 Å². The summed E-state index contributed by atoms with van der Waals surface area (Å²) in [6.07, 6.45) is 0. The zero-order valence-corrected chi connectivity index (χ0v) is 26.7. The third-order valence-electron chi connectivity index (χ3n) is 7.37. The van der Waals surface area contributed by atoms with E-state index in [9.17, 15) is 23.2 Å². The van der Waals surface area contributed by atoms with Crippen LogP contribution in [0, 0.1) is 11.6 Å². The van der Waals surface area contributed by atoms with Crippen LogP contribution in [0.2, 0.25) is 0 Å². The molecule has 5 aromatic rings. The standard InChI is InChI=1S/C31H31F2N7O6S/c1-37(14-15-44-2)16-21-26-28(41)39(24-12-13-25(45-3)36-35-24)31(43)38(17-20-22(32)6-5-7-23(20)33)29(26)47-27(21)18-8-10-19(11-9-18)40(46-4)30(34)42/h5-13H,14-17H2,1-4H3,(H2,34,42). The summed E-state index contributed by atoms with van der Waals surface area (Å²) in [6, 6.07) is 12.1. The molecule has 0 saturated heterocycles. The molecule has 0 bridgehead atoms. The number of carbonyl (C=O) groups is 1. The molecule has 0 saturated carbocycles. The molecule has 0 aliphatic heterocycles. The first kappa shape index (κ1) is 33.3. The Hall–Kier alpha value is -5.03. The van der Waals surface area contributed by atoms with Crippen LogP contribution in [0.15, 0.2) is 64.2 Å². The molecule has 0 fully saturated rings. The lowest BCUT2D eigenvalue weighted by Gasteiger charge is -2.18. The predicted molar refractivity (Wildman–Crippen MR) is 172 cm³/mol. The summed E-state index contributed by atoms with van der Waals surface area (Å²) in [6.45, 7) is 0.635. The first-order valence-electron chi connectivity index (χ1n) is 14.1. The Morgan fingerprint density at radius 1 is 0.979 bits per heavy atom. The van der Waals surface area contributed by atoms with E-state index >= 15 is 0 Å². The summed E-state index contributed by atoms with van der Waals surface area (Å²) in [5.74, 6) is -1.65. The number of anilines is 1. The number of rotatable bonds is 12. The van der Waals surface area contributed by atoms with Crippen molar-refractivity contribution < 1.29 is 27.9 Å². The number of amides is 2. The fraction of sp³-hybridized carbons (Fsp3) is 0.258. The molecule has 0 atom stereocenters. The molecule has 2 aromatic carbocycles. The van der Waals surface area contributed by atoms with Crippen molar-refractivity contribution in [2.24, 2.45) is 5.73 Å². The van der Waals surface area contributed by atoms with Crippen LogP contribution in [-0.2, 0) is 22.7 Å². The van der Waals surface area contributed by atoms with E-state index in [0.717, 1.165) is 37.7 Å². The molecular formula is C31H31F2N7O6S. The van der Waals surface area contributed by atoms with Crippen LogP contribution >= 0.6 is 11.3 Å². The van der Waals surface area contributed by atoms with Gasteiger partial charge in [0.1, 0.15) is 16.5 Å². The monoisotopic (exact) mass is 667 g/mol. The maximum Gasteiger partial charge on any atom is 0.343 e. The van der Waals surface area contributed by atoms with Crippen molar-refractivity contribution in [3.05, 3.63) is 98.2 Å². The number of carbonyl (C=O) groups excluding carboxylic acids is 1. The number of hydrogen-bond acceptors (Lipinski definition) is 10. The Morgan fingerprint density at radius 2 is 1.68 bits per heavy atom. The van der Waals surface area contributed by atoms with E-state index in [1.165, 1.54) is 32.4 Å². The molecule has 16 heteroatoms. The molecule has 0 spiro atoms. The number of hydrogen-bond donors (Lipinski definition) is 1. The molecule has 0 unspecified atom stereocenters. The second-order valence-corrected chi connectivity index (χ2v) is 11.3. The molecule has 2 amide bonds. The number of hydroxylamine groups is 1. The fourth-order valence-electron chi connectivity index (χ4n) is 5.04. The van der Waals surface area contributed by atoms with E-state index < -0.39 is 35.5 Å². The van der Waals surface area contributed by atoms with Crippen LogP contribution in [0.5, 0.6) is 5.88 Å². The summed E-state index contributed by atoms with van der Waals surface area (Å²) < 4.78 is 42.2. The molecule has 0 aliphatic rings. The van der Waals surface area contributed by atoms with Crippen LogP contribution in [0.4, 0.5) is 19.3 Å². The second-order valence-electron chi connectivity index (χ2n) is 10.3. The SMILES string of the molecule is COCCN(C)Cc1c(-c2ccc(N(OC)C(N)=O)cc2)sc2c1c(=O)n(-c1ccc(OC)nn1)c(=O)n2Cc1c(F)cccc1F. The summed E-state index contributed by atoms with van der Waals surface area (Å²) >= 11 is 1.12. The van der Waals surface area contributed by atoms with Gasteiger partial charge in [-0.1, -0.05) is 18.2 Å². The Labute approximate surface area is 270 Å². The number of thiophene rings is 1. The third-order valence-corrected chi connectivity index (χ3v) is 8.67. The van der Waals surface area contributed by atoms with Gasteiger partial charge in [0.2, 0.25) is 5.88 Å². The first-order valence-corrected chi connectivity index (χ1v) is 14.9. The van der Waals surface area contributed by atoms with E-state index in [4.69, 9.17) is 20.0 Å². The van der Waals surface area contributed by atoms with Gasteiger partial charge in [0.25, 0.3) is 5.56 Å². The number of ether oxygens (including phenoxy) is 2. The average Bonchev–Trinajstić information content (AvgIpc) is 3.43. The Kier molecular flexibility index (Phi) is 10.0. The summed E-state index contributed by atoms with van der Waals surface area (Å²) in [7, 11) is 6.11. The number of urea groups is 1. The molecule has 3 heterocycles. The summed E-state index contributed by atoms with van der Waals surface area (Å²) in [5, 5.41) is 9.00.